The summed E-state index contributed by atoms with van der Waals surface area (Å²) in [7, 11) is 0. The minimum absolute atomic E-state index is 0.145. The zero-order valence-electron chi connectivity index (χ0n) is 11.3. The third kappa shape index (κ3) is 4.25. The Morgan fingerprint density at radius 3 is 2.70 bits per heavy atom. The lowest BCUT2D eigenvalue weighted by molar-refractivity contribution is 0.0950. The first-order valence-electron chi connectivity index (χ1n) is 6.83. The Labute approximate surface area is 117 Å². The van der Waals surface area contributed by atoms with Gasteiger partial charge in [-0.05, 0) is 31.2 Å². The van der Waals surface area contributed by atoms with Crippen molar-refractivity contribution in [3.05, 3.63) is 35.4 Å². The molecule has 2 rings (SSSR count). The lowest BCUT2D eigenvalue weighted by atomic mass is 10.2. The number of hydrogen-bond donors (Lipinski definition) is 2. The van der Waals surface area contributed by atoms with Crippen LogP contribution < -0.4 is 10.6 Å². The predicted octanol–water partition coefficient (Wildman–Crippen LogP) is 0.990. The highest BCUT2D eigenvalue weighted by Crippen LogP contribution is 2.08. The predicted molar refractivity (Wildman–Crippen MR) is 72.6 cm³/mol. The number of hydrogen-bond acceptors (Lipinski definition) is 3. The van der Waals surface area contributed by atoms with Gasteiger partial charge in [0.2, 0.25) is 0 Å². The molecule has 0 bridgehead atoms. The van der Waals surface area contributed by atoms with E-state index in [0.29, 0.717) is 6.54 Å². The summed E-state index contributed by atoms with van der Waals surface area (Å²) in [5.41, 5.74) is 0.145. The summed E-state index contributed by atoms with van der Waals surface area (Å²) in [6, 6.07) is 3.16. The zero-order chi connectivity index (χ0) is 14.4. The first-order valence-corrected chi connectivity index (χ1v) is 6.83. The summed E-state index contributed by atoms with van der Waals surface area (Å²) >= 11 is 0. The molecule has 0 radical (unpaired) electrons. The van der Waals surface area contributed by atoms with E-state index in [0.717, 1.165) is 51.3 Å². The van der Waals surface area contributed by atoms with Gasteiger partial charge >= 0.3 is 0 Å². The molecule has 0 atom stereocenters. The molecule has 0 aromatic heterocycles. The lowest BCUT2D eigenvalue weighted by Crippen LogP contribution is -2.44. The number of carbonyl (C=O) groups is 1. The monoisotopic (exact) mass is 283 g/mol. The van der Waals surface area contributed by atoms with E-state index in [1.54, 1.807) is 0 Å². The summed E-state index contributed by atoms with van der Waals surface area (Å²) < 4.78 is 25.8. The number of piperazine rings is 1. The highest BCUT2D eigenvalue weighted by Gasteiger charge is 2.11. The van der Waals surface area contributed by atoms with Crippen LogP contribution in [0.3, 0.4) is 0 Å². The maximum atomic E-state index is 13.0. The largest absolute Gasteiger partial charge is 0.352 e. The highest BCUT2D eigenvalue weighted by molar-refractivity contribution is 5.94. The first-order chi connectivity index (χ1) is 9.66. The fraction of sp³-hybridized carbons (Fsp3) is 0.500. The van der Waals surface area contributed by atoms with Crippen LogP contribution in [0.4, 0.5) is 8.78 Å². The van der Waals surface area contributed by atoms with Crippen LogP contribution >= 0.6 is 0 Å². The summed E-state index contributed by atoms with van der Waals surface area (Å²) in [6.45, 7) is 5.51. The van der Waals surface area contributed by atoms with Crippen molar-refractivity contribution in [3.8, 4) is 0 Å². The van der Waals surface area contributed by atoms with Gasteiger partial charge in [-0.1, -0.05) is 0 Å². The maximum Gasteiger partial charge on any atom is 0.251 e. The number of nitrogens with zero attached hydrogens (tertiary/aromatic N) is 1. The molecule has 1 amide bonds. The standard InChI is InChI=1S/C14H19F2N3O/c15-12-3-2-11(10-13(12)16)14(20)18-4-1-7-19-8-5-17-6-9-19/h2-3,10,17H,1,4-9H2,(H,18,20). The molecular weight excluding hydrogens is 264 g/mol. The first kappa shape index (κ1) is 14.9. The molecule has 0 spiro atoms. The molecule has 1 aromatic carbocycles. The number of carbonyl (C=O) groups excluding carboxylic acids is 1. The van der Waals surface area contributed by atoms with E-state index in [1.165, 1.54) is 6.07 Å². The molecule has 20 heavy (non-hydrogen) atoms. The van der Waals surface area contributed by atoms with Crippen molar-refractivity contribution < 1.29 is 13.6 Å². The topological polar surface area (TPSA) is 44.4 Å². The van der Waals surface area contributed by atoms with Crippen LogP contribution in [0.25, 0.3) is 0 Å². The van der Waals surface area contributed by atoms with Crippen LogP contribution in [0, 0.1) is 11.6 Å². The van der Waals surface area contributed by atoms with Crippen molar-refractivity contribution in [3.63, 3.8) is 0 Å². The third-order valence-electron chi connectivity index (χ3n) is 3.33. The molecule has 6 heteroatoms. The van der Waals surface area contributed by atoms with Crippen LogP contribution in [-0.2, 0) is 0 Å². The molecule has 1 saturated heterocycles. The van der Waals surface area contributed by atoms with E-state index in [1.807, 2.05) is 0 Å². The molecule has 1 aromatic rings. The fourth-order valence-corrected chi connectivity index (χ4v) is 2.18. The van der Waals surface area contributed by atoms with Gasteiger partial charge in [0.05, 0.1) is 0 Å². The molecule has 2 N–H and O–H groups in total. The van der Waals surface area contributed by atoms with Crippen molar-refractivity contribution in [2.75, 3.05) is 39.3 Å². The van der Waals surface area contributed by atoms with Gasteiger partial charge in [-0.25, -0.2) is 8.78 Å². The molecule has 1 aliphatic rings. The van der Waals surface area contributed by atoms with Crippen LogP contribution in [-0.4, -0.2) is 50.1 Å². The van der Waals surface area contributed by atoms with Gasteiger partial charge in [-0.15, -0.1) is 0 Å². The molecule has 110 valence electrons. The average Bonchev–Trinajstić information content (AvgIpc) is 2.47. The van der Waals surface area contributed by atoms with E-state index in [9.17, 15) is 13.6 Å². The highest BCUT2D eigenvalue weighted by atomic mass is 19.2. The molecule has 1 heterocycles. The molecule has 0 saturated carbocycles. The Kier molecular flexibility index (Phi) is 5.43. The SMILES string of the molecule is O=C(NCCCN1CCNCC1)c1ccc(F)c(F)c1. The van der Waals surface area contributed by atoms with Crippen molar-refractivity contribution in [1.29, 1.82) is 0 Å². The van der Waals surface area contributed by atoms with E-state index < -0.39 is 11.6 Å². The third-order valence-corrected chi connectivity index (χ3v) is 3.33. The molecule has 0 unspecified atom stereocenters. The van der Waals surface area contributed by atoms with E-state index in [-0.39, 0.29) is 11.5 Å². The Bertz CT molecular complexity index is 462. The van der Waals surface area contributed by atoms with Crippen molar-refractivity contribution in [2.45, 2.75) is 6.42 Å². The Hall–Kier alpha value is -1.53. The van der Waals surface area contributed by atoms with Crippen LogP contribution in [0.15, 0.2) is 18.2 Å². The van der Waals surface area contributed by atoms with E-state index >= 15 is 0 Å². The second-order valence-corrected chi connectivity index (χ2v) is 4.83. The summed E-state index contributed by atoms with van der Waals surface area (Å²) in [5.74, 6) is -2.32. The number of benzene rings is 1. The number of rotatable bonds is 5. The molecule has 1 fully saturated rings. The van der Waals surface area contributed by atoms with Crippen molar-refractivity contribution in [1.82, 2.24) is 15.5 Å². The Balaban J connectivity index is 1.70. The van der Waals surface area contributed by atoms with E-state index in [4.69, 9.17) is 0 Å². The summed E-state index contributed by atoms with van der Waals surface area (Å²) in [6.07, 6.45) is 0.843. The molecule has 4 nitrogen and oxygen atoms in total. The Morgan fingerprint density at radius 1 is 1.25 bits per heavy atom. The van der Waals surface area contributed by atoms with Crippen LogP contribution in [0.5, 0.6) is 0 Å². The molecule has 0 aliphatic carbocycles. The van der Waals surface area contributed by atoms with E-state index in [2.05, 4.69) is 15.5 Å². The minimum Gasteiger partial charge on any atom is -0.352 e. The zero-order valence-corrected chi connectivity index (χ0v) is 11.3. The van der Waals surface area contributed by atoms with Gasteiger partial charge in [0.25, 0.3) is 5.91 Å². The van der Waals surface area contributed by atoms with Gasteiger partial charge in [0, 0.05) is 38.3 Å². The number of halogens is 2. The smallest absolute Gasteiger partial charge is 0.251 e. The average molecular weight is 283 g/mol. The van der Waals surface area contributed by atoms with Crippen LogP contribution in [0.1, 0.15) is 16.8 Å². The quantitative estimate of drug-likeness (QED) is 0.792. The van der Waals surface area contributed by atoms with Crippen LogP contribution in [0.2, 0.25) is 0 Å². The Morgan fingerprint density at radius 2 is 2.00 bits per heavy atom. The van der Waals surface area contributed by atoms with Gasteiger partial charge in [0.15, 0.2) is 11.6 Å². The van der Waals surface area contributed by atoms with Gasteiger partial charge in [-0.2, -0.15) is 0 Å². The van der Waals surface area contributed by atoms with Gasteiger partial charge < -0.3 is 15.5 Å². The second kappa shape index (κ2) is 7.31. The number of nitrogens with one attached hydrogen (secondary N) is 2. The van der Waals surface area contributed by atoms with Gasteiger partial charge in [0.1, 0.15) is 0 Å². The fourth-order valence-electron chi connectivity index (χ4n) is 2.18. The molecular formula is C14H19F2N3O. The maximum absolute atomic E-state index is 13.0. The van der Waals surface area contributed by atoms with Crippen molar-refractivity contribution >= 4 is 5.91 Å². The summed E-state index contributed by atoms with van der Waals surface area (Å²) in [4.78, 5) is 14.1. The normalized spacial score (nSPS) is 16.1. The lowest BCUT2D eigenvalue weighted by Gasteiger charge is -2.27. The molecule has 1 aliphatic heterocycles. The van der Waals surface area contributed by atoms with Gasteiger partial charge in [-0.3, -0.25) is 4.79 Å². The van der Waals surface area contributed by atoms with Crippen molar-refractivity contribution in [2.24, 2.45) is 0 Å². The minimum atomic E-state index is -1.00. The number of amides is 1. The second-order valence-electron chi connectivity index (χ2n) is 4.83. The summed E-state index contributed by atoms with van der Waals surface area (Å²) in [5, 5.41) is 5.99.